The second-order valence-corrected chi connectivity index (χ2v) is 7.64. The summed E-state index contributed by atoms with van der Waals surface area (Å²) in [6.07, 6.45) is 1.96. The summed E-state index contributed by atoms with van der Waals surface area (Å²) in [7, 11) is 0. The predicted molar refractivity (Wildman–Crippen MR) is 122 cm³/mol. The minimum absolute atomic E-state index is 0.0821. The maximum atomic E-state index is 10.6. The number of anilines is 2. The number of rotatable bonds is 7. The standard InChI is InChI=1S/C11H21N5S.C10H7NO2/c1-6-12-9-14-10(13-8(4)7(2)3)16-11(15-9)17-5;12-10(13)9-6-5-7-3-1-2-4-8(7)11-9/h7-8H,6H2,1-5H3,(H2,12,13,14,15,16);1-6H,(H,12,13). The van der Waals surface area contributed by atoms with Crippen molar-refractivity contribution in [3.8, 4) is 0 Å². The van der Waals surface area contributed by atoms with Crippen molar-refractivity contribution in [1.82, 2.24) is 19.9 Å². The Morgan fingerprint density at radius 1 is 1.03 bits per heavy atom. The van der Waals surface area contributed by atoms with Gasteiger partial charge in [-0.1, -0.05) is 49.9 Å². The second-order valence-electron chi connectivity index (χ2n) is 6.87. The SMILES string of the molecule is CCNc1nc(NC(C)C(C)C)nc(SC)n1.O=C(O)c1ccc2ccccc2n1. The minimum Gasteiger partial charge on any atom is -0.477 e. The van der Waals surface area contributed by atoms with Gasteiger partial charge in [0, 0.05) is 18.0 Å². The van der Waals surface area contributed by atoms with E-state index in [-0.39, 0.29) is 5.69 Å². The van der Waals surface area contributed by atoms with Gasteiger partial charge < -0.3 is 15.7 Å². The van der Waals surface area contributed by atoms with Crippen LogP contribution in [-0.4, -0.2) is 49.9 Å². The molecular weight excluding hydrogens is 400 g/mol. The van der Waals surface area contributed by atoms with E-state index in [2.05, 4.69) is 51.3 Å². The lowest BCUT2D eigenvalue weighted by Crippen LogP contribution is -2.23. The molecule has 1 aromatic carbocycles. The van der Waals surface area contributed by atoms with E-state index < -0.39 is 5.97 Å². The third-order valence-electron chi connectivity index (χ3n) is 4.31. The van der Waals surface area contributed by atoms with Crippen LogP contribution in [0, 0.1) is 5.92 Å². The van der Waals surface area contributed by atoms with E-state index in [9.17, 15) is 4.79 Å². The number of aromatic nitrogens is 4. The normalized spacial score (nSPS) is 11.5. The molecule has 0 aliphatic rings. The summed E-state index contributed by atoms with van der Waals surface area (Å²) >= 11 is 1.52. The molecule has 0 saturated carbocycles. The molecule has 2 heterocycles. The molecule has 160 valence electrons. The Labute approximate surface area is 181 Å². The first-order valence-electron chi connectivity index (χ1n) is 9.73. The van der Waals surface area contributed by atoms with Crippen LogP contribution in [0.3, 0.4) is 0 Å². The van der Waals surface area contributed by atoms with Crippen LogP contribution in [-0.2, 0) is 0 Å². The topological polar surface area (TPSA) is 113 Å². The molecule has 0 spiro atoms. The third-order valence-corrected chi connectivity index (χ3v) is 4.85. The summed E-state index contributed by atoms with van der Waals surface area (Å²) in [4.78, 5) is 27.5. The Hall–Kier alpha value is -2.94. The Balaban J connectivity index is 0.000000220. The monoisotopic (exact) mass is 428 g/mol. The number of carboxylic acid groups (broad SMARTS) is 1. The van der Waals surface area contributed by atoms with Gasteiger partial charge in [-0.25, -0.2) is 9.78 Å². The molecule has 3 aromatic rings. The number of nitrogens with one attached hydrogen (secondary N) is 2. The molecule has 0 aliphatic heterocycles. The van der Waals surface area contributed by atoms with Gasteiger partial charge in [-0.05, 0) is 38.2 Å². The van der Waals surface area contributed by atoms with Crippen LogP contribution < -0.4 is 10.6 Å². The maximum Gasteiger partial charge on any atom is 0.354 e. The van der Waals surface area contributed by atoms with Gasteiger partial charge in [0.2, 0.25) is 11.9 Å². The minimum atomic E-state index is -0.995. The number of pyridine rings is 1. The summed E-state index contributed by atoms with van der Waals surface area (Å²) < 4.78 is 0. The Morgan fingerprint density at radius 3 is 2.37 bits per heavy atom. The van der Waals surface area contributed by atoms with Crippen LogP contribution in [0.2, 0.25) is 0 Å². The van der Waals surface area contributed by atoms with Crippen molar-refractivity contribution in [3.63, 3.8) is 0 Å². The lowest BCUT2D eigenvalue weighted by atomic mass is 10.1. The largest absolute Gasteiger partial charge is 0.477 e. The van der Waals surface area contributed by atoms with Crippen molar-refractivity contribution in [2.24, 2.45) is 5.92 Å². The van der Waals surface area contributed by atoms with Crippen LogP contribution in [0.4, 0.5) is 11.9 Å². The van der Waals surface area contributed by atoms with E-state index in [1.54, 1.807) is 12.1 Å². The van der Waals surface area contributed by atoms with Gasteiger partial charge in [0.25, 0.3) is 0 Å². The van der Waals surface area contributed by atoms with E-state index in [4.69, 9.17) is 5.11 Å². The molecule has 0 saturated heterocycles. The number of thioether (sulfide) groups is 1. The number of hydrogen-bond acceptors (Lipinski definition) is 8. The molecule has 9 heteroatoms. The first-order valence-corrected chi connectivity index (χ1v) is 11.0. The second kappa shape index (κ2) is 11.3. The quantitative estimate of drug-likeness (QED) is 0.471. The van der Waals surface area contributed by atoms with Crippen LogP contribution in [0.25, 0.3) is 10.9 Å². The van der Waals surface area contributed by atoms with Gasteiger partial charge in [0.1, 0.15) is 5.69 Å². The number of hydrogen-bond donors (Lipinski definition) is 3. The lowest BCUT2D eigenvalue weighted by molar-refractivity contribution is 0.0691. The van der Waals surface area contributed by atoms with Crippen molar-refractivity contribution in [2.45, 2.75) is 38.9 Å². The smallest absolute Gasteiger partial charge is 0.354 e. The Bertz CT molecular complexity index is 983. The third kappa shape index (κ3) is 6.84. The summed E-state index contributed by atoms with van der Waals surface area (Å²) in [5.74, 6) is 0.810. The number of nitrogens with zero attached hydrogens (tertiary/aromatic N) is 4. The van der Waals surface area contributed by atoms with Gasteiger partial charge in [-0.15, -0.1) is 0 Å². The molecule has 8 nitrogen and oxygen atoms in total. The highest BCUT2D eigenvalue weighted by molar-refractivity contribution is 7.98. The Morgan fingerprint density at radius 2 is 1.73 bits per heavy atom. The van der Waals surface area contributed by atoms with Gasteiger partial charge in [-0.2, -0.15) is 15.0 Å². The molecular formula is C21H28N6O2S. The fourth-order valence-corrected chi connectivity index (χ4v) is 2.66. The van der Waals surface area contributed by atoms with E-state index in [1.165, 1.54) is 17.8 Å². The average Bonchev–Trinajstić information content (AvgIpc) is 2.73. The van der Waals surface area contributed by atoms with E-state index in [1.807, 2.05) is 31.4 Å². The van der Waals surface area contributed by atoms with Crippen LogP contribution in [0.15, 0.2) is 41.6 Å². The molecule has 0 bridgehead atoms. The molecule has 0 aliphatic carbocycles. The number of aromatic carboxylic acids is 1. The van der Waals surface area contributed by atoms with Gasteiger partial charge in [-0.3, -0.25) is 0 Å². The summed E-state index contributed by atoms with van der Waals surface area (Å²) in [5.41, 5.74) is 0.793. The number of carbonyl (C=O) groups is 1. The van der Waals surface area contributed by atoms with Crippen molar-refractivity contribution >= 4 is 40.5 Å². The lowest BCUT2D eigenvalue weighted by Gasteiger charge is -2.17. The average molecular weight is 429 g/mol. The number of para-hydroxylation sites is 1. The highest BCUT2D eigenvalue weighted by Gasteiger charge is 2.11. The number of carboxylic acids is 1. The molecule has 1 unspecified atom stereocenters. The zero-order chi connectivity index (χ0) is 22.1. The molecule has 30 heavy (non-hydrogen) atoms. The maximum absolute atomic E-state index is 10.6. The zero-order valence-corrected chi connectivity index (χ0v) is 18.7. The molecule has 0 amide bonds. The van der Waals surface area contributed by atoms with Gasteiger partial charge >= 0.3 is 5.97 Å². The van der Waals surface area contributed by atoms with Crippen LogP contribution >= 0.6 is 11.8 Å². The van der Waals surface area contributed by atoms with Crippen molar-refractivity contribution in [1.29, 1.82) is 0 Å². The van der Waals surface area contributed by atoms with Gasteiger partial charge in [0.05, 0.1) is 5.52 Å². The molecule has 1 atom stereocenters. The van der Waals surface area contributed by atoms with Gasteiger partial charge in [0.15, 0.2) is 5.16 Å². The van der Waals surface area contributed by atoms with Crippen LogP contribution in [0.1, 0.15) is 38.2 Å². The molecule has 0 fully saturated rings. The first-order chi connectivity index (χ1) is 14.3. The molecule has 3 rings (SSSR count). The molecule has 0 radical (unpaired) electrons. The van der Waals surface area contributed by atoms with E-state index >= 15 is 0 Å². The van der Waals surface area contributed by atoms with Crippen molar-refractivity contribution < 1.29 is 9.90 Å². The summed E-state index contributed by atoms with van der Waals surface area (Å²) in [5, 5.41) is 16.8. The zero-order valence-electron chi connectivity index (χ0n) is 17.9. The van der Waals surface area contributed by atoms with Crippen LogP contribution in [0.5, 0.6) is 0 Å². The number of fused-ring (bicyclic) bond motifs is 1. The highest BCUT2D eigenvalue weighted by atomic mass is 32.2. The van der Waals surface area contributed by atoms with E-state index in [0.717, 1.165) is 17.1 Å². The predicted octanol–water partition coefficient (Wildman–Crippen LogP) is 4.41. The highest BCUT2D eigenvalue weighted by Crippen LogP contribution is 2.15. The summed E-state index contributed by atoms with van der Waals surface area (Å²) in [6, 6.07) is 11.0. The summed E-state index contributed by atoms with van der Waals surface area (Å²) in [6.45, 7) is 9.28. The molecule has 2 aromatic heterocycles. The van der Waals surface area contributed by atoms with Crippen molar-refractivity contribution in [3.05, 3.63) is 42.1 Å². The fourth-order valence-electron chi connectivity index (χ4n) is 2.30. The van der Waals surface area contributed by atoms with E-state index in [0.29, 0.717) is 29.4 Å². The number of benzene rings is 1. The molecule has 3 N–H and O–H groups in total. The van der Waals surface area contributed by atoms with Crippen molar-refractivity contribution in [2.75, 3.05) is 23.4 Å². The Kier molecular flexibility index (Phi) is 8.79. The first kappa shape index (κ1) is 23.3. The fraction of sp³-hybridized carbons (Fsp3) is 0.381.